The van der Waals surface area contributed by atoms with Crippen LogP contribution < -0.4 is 5.32 Å². The van der Waals surface area contributed by atoms with Gasteiger partial charge in [0.2, 0.25) is 0 Å². The van der Waals surface area contributed by atoms with Crippen molar-refractivity contribution in [3.05, 3.63) is 66.0 Å². The molecule has 2 aromatic carbocycles. The number of carbonyl (C=O) groups excluding carboxylic acids is 1. The summed E-state index contributed by atoms with van der Waals surface area (Å²) in [6.07, 6.45) is 1.62. The van der Waals surface area contributed by atoms with Crippen LogP contribution in [0.15, 0.2) is 54.9 Å². The van der Waals surface area contributed by atoms with Crippen LogP contribution in [0.1, 0.15) is 15.9 Å². The summed E-state index contributed by atoms with van der Waals surface area (Å²) >= 11 is 0. The molecule has 0 aliphatic heterocycles. The first-order chi connectivity index (χ1) is 11.2. The maximum Gasteiger partial charge on any atom is 0.255 e. The monoisotopic (exact) mass is 303 g/mol. The fraction of sp³-hybridized carbons (Fsp3) is 0.0588. The Morgan fingerprint density at radius 1 is 1.22 bits per heavy atom. The van der Waals surface area contributed by atoms with E-state index in [-0.39, 0.29) is 5.91 Å². The van der Waals surface area contributed by atoms with E-state index in [9.17, 15) is 4.79 Å². The number of anilines is 1. The Hall–Kier alpha value is -3.46. The third kappa shape index (κ3) is 3.24. The Kier molecular flexibility index (Phi) is 3.85. The van der Waals surface area contributed by atoms with Gasteiger partial charge in [0, 0.05) is 23.9 Å². The third-order valence-electron chi connectivity index (χ3n) is 3.23. The molecule has 23 heavy (non-hydrogen) atoms. The van der Waals surface area contributed by atoms with Crippen LogP contribution >= 0.6 is 0 Å². The predicted octanol–water partition coefficient (Wildman–Crippen LogP) is 2.61. The molecule has 6 heteroatoms. The van der Waals surface area contributed by atoms with Crippen molar-refractivity contribution in [1.29, 1.82) is 5.26 Å². The lowest BCUT2D eigenvalue weighted by molar-refractivity contribution is 0.102. The van der Waals surface area contributed by atoms with E-state index in [1.165, 1.54) is 0 Å². The van der Waals surface area contributed by atoms with Gasteiger partial charge in [-0.1, -0.05) is 18.2 Å². The number of nitriles is 1. The van der Waals surface area contributed by atoms with Gasteiger partial charge in [0.05, 0.1) is 11.6 Å². The molecule has 0 unspecified atom stereocenters. The zero-order valence-corrected chi connectivity index (χ0v) is 12.4. The minimum absolute atomic E-state index is 0.270. The minimum Gasteiger partial charge on any atom is -0.322 e. The maximum absolute atomic E-state index is 12.3. The molecular weight excluding hydrogens is 290 g/mol. The molecule has 1 aromatic heterocycles. The summed E-state index contributed by atoms with van der Waals surface area (Å²) < 4.78 is 1.62. The van der Waals surface area contributed by atoms with Gasteiger partial charge < -0.3 is 5.32 Å². The lowest BCUT2D eigenvalue weighted by Gasteiger charge is -2.06. The molecule has 0 aliphatic carbocycles. The van der Waals surface area contributed by atoms with Crippen LogP contribution in [0.4, 0.5) is 5.69 Å². The van der Waals surface area contributed by atoms with Crippen molar-refractivity contribution in [1.82, 2.24) is 14.8 Å². The molecule has 1 heterocycles. The Balaban J connectivity index is 1.83. The Morgan fingerprint density at radius 3 is 2.78 bits per heavy atom. The highest BCUT2D eigenvalue weighted by molar-refractivity contribution is 6.04. The first-order valence-electron chi connectivity index (χ1n) is 6.93. The lowest BCUT2D eigenvalue weighted by Crippen LogP contribution is -2.12. The molecule has 3 rings (SSSR count). The Labute approximate surface area is 133 Å². The van der Waals surface area contributed by atoms with Crippen LogP contribution in [0.2, 0.25) is 0 Å². The van der Waals surface area contributed by atoms with Gasteiger partial charge in [0.1, 0.15) is 6.33 Å². The van der Waals surface area contributed by atoms with Crippen molar-refractivity contribution in [2.45, 2.75) is 0 Å². The van der Waals surface area contributed by atoms with Crippen molar-refractivity contribution in [3.63, 3.8) is 0 Å². The van der Waals surface area contributed by atoms with Gasteiger partial charge in [-0.25, -0.2) is 4.98 Å². The molecule has 0 saturated carbocycles. The molecule has 0 atom stereocenters. The standard InChI is InChI=1S/C17H13N5O/c1-22-11-19-16(21-22)13-5-3-7-15(9-13)20-17(23)14-6-2-4-12(8-14)10-18/h2-9,11H,1H3,(H,20,23). The SMILES string of the molecule is Cn1cnc(-c2cccc(NC(=O)c3cccc(C#N)c3)c2)n1. The number of carbonyl (C=O) groups is 1. The molecule has 1 N–H and O–H groups in total. The lowest BCUT2D eigenvalue weighted by atomic mass is 10.1. The maximum atomic E-state index is 12.3. The molecule has 0 spiro atoms. The molecule has 0 aliphatic rings. The highest BCUT2D eigenvalue weighted by Crippen LogP contribution is 2.19. The van der Waals surface area contributed by atoms with E-state index in [0.29, 0.717) is 22.6 Å². The van der Waals surface area contributed by atoms with E-state index in [1.807, 2.05) is 18.2 Å². The molecule has 0 fully saturated rings. The number of hydrogen-bond acceptors (Lipinski definition) is 4. The molecule has 6 nitrogen and oxygen atoms in total. The van der Waals surface area contributed by atoms with E-state index in [1.54, 1.807) is 54.5 Å². The van der Waals surface area contributed by atoms with Crippen molar-refractivity contribution in [2.24, 2.45) is 7.05 Å². The molecule has 1 amide bonds. The van der Waals surface area contributed by atoms with Crippen molar-refractivity contribution in [3.8, 4) is 17.5 Å². The molecular formula is C17H13N5O. The highest BCUT2D eigenvalue weighted by Gasteiger charge is 2.09. The summed E-state index contributed by atoms with van der Waals surface area (Å²) in [5.74, 6) is 0.323. The Bertz CT molecular complexity index is 907. The van der Waals surface area contributed by atoms with Crippen molar-refractivity contribution in [2.75, 3.05) is 5.32 Å². The number of nitrogens with one attached hydrogen (secondary N) is 1. The van der Waals surface area contributed by atoms with Crippen LogP contribution in [0, 0.1) is 11.3 Å². The average Bonchev–Trinajstić information content (AvgIpc) is 3.02. The second-order valence-electron chi connectivity index (χ2n) is 4.97. The van der Waals surface area contributed by atoms with Gasteiger partial charge >= 0.3 is 0 Å². The van der Waals surface area contributed by atoms with Crippen LogP contribution in [0.25, 0.3) is 11.4 Å². The number of nitrogens with zero attached hydrogens (tertiary/aromatic N) is 4. The summed E-state index contributed by atoms with van der Waals surface area (Å²) in [4.78, 5) is 16.5. The second kappa shape index (κ2) is 6.12. The first-order valence-corrected chi connectivity index (χ1v) is 6.93. The van der Waals surface area contributed by atoms with E-state index in [4.69, 9.17) is 5.26 Å². The van der Waals surface area contributed by atoms with E-state index in [0.717, 1.165) is 5.56 Å². The van der Waals surface area contributed by atoms with Crippen LogP contribution in [0.5, 0.6) is 0 Å². The van der Waals surface area contributed by atoms with Crippen LogP contribution in [-0.4, -0.2) is 20.7 Å². The fourth-order valence-electron chi connectivity index (χ4n) is 2.14. The summed E-state index contributed by atoms with van der Waals surface area (Å²) in [6, 6.07) is 15.9. The number of hydrogen-bond donors (Lipinski definition) is 1. The van der Waals surface area contributed by atoms with E-state index < -0.39 is 0 Å². The van der Waals surface area contributed by atoms with Gasteiger partial charge in [-0.05, 0) is 30.3 Å². The third-order valence-corrected chi connectivity index (χ3v) is 3.23. The van der Waals surface area contributed by atoms with E-state index >= 15 is 0 Å². The van der Waals surface area contributed by atoms with Gasteiger partial charge in [-0.3, -0.25) is 9.48 Å². The molecule has 3 aromatic rings. The molecule has 0 bridgehead atoms. The van der Waals surface area contributed by atoms with Gasteiger partial charge in [-0.2, -0.15) is 10.4 Å². The summed E-state index contributed by atoms with van der Waals surface area (Å²) in [7, 11) is 1.80. The van der Waals surface area contributed by atoms with E-state index in [2.05, 4.69) is 15.4 Å². The normalized spacial score (nSPS) is 10.1. The highest BCUT2D eigenvalue weighted by atomic mass is 16.1. The van der Waals surface area contributed by atoms with Gasteiger partial charge in [0.25, 0.3) is 5.91 Å². The Morgan fingerprint density at radius 2 is 2.04 bits per heavy atom. The van der Waals surface area contributed by atoms with Crippen LogP contribution in [-0.2, 0) is 7.05 Å². The topological polar surface area (TPSA) is 83.6 Å². The predicted molar refractivity (Wildman–Crippen MR) is 85.5 cm³/mol. The average molecular weight is 303 g/mol. The number of aryl methyl sites for hydroxylation is 1. The van der Waals surface area contributed by atoms with Gasteiger partial charge in [0.15, 0.2) is 5.82 Å². The first kappa shape index (κ1) is 14.5. The zero-order valence-electron chi connectivity index (χ0n) is 12.4. The summed E-state index contributed by atoms with van der Waals surface area (Å²) in [5.41, 5.74) is 2.34. The summed E-state index contributed by atoms with van der Waals surface area (Å²) in [5, 5.41) is 16.0. The zero-order chi connectivity index (χ0) is 16.2. The molecule has 112 valence electrons. The van der Waals surface area contributed by atoms with Gasteiger partial charge in [-0.15, -0.1) is 0 Å². The second-order valence-corrected chi connectivity index (χ2v) is 4.97. The van der Waals surface area contributed by atoms with Crippen molar-refractivity contribution >= 4 is 11.6 Å². The number of aromatic nitrogens is 3. The number of benzene rings is 2. The quantitative estimate of drug-likeness (QED) is 0.806. The molecule has 0 saturated heterocycles. The number of amides is 1. The van der Waals surface area contributed by atoms with Crippen molar-refractivity contribution < 1.29 is 4.79 Å². The fourth-order valence-corrected chi connectivity index (χ4v) is 2.14. The number of rotatable bonds is 3. The molecule has 0 radical (unpaired) electrons. The largest absolute Gasteiger partial charge is 0.322 e. The van der Waals surface area contributed by atoms with Crippen LogP contribution in [0.3, 0.4) is 0 Å². The summed E-state index contributed by atoms with van der Waals surface area (Å²) in [6.45, 7) is 0. The minimum atomic E-state index is -0.270. The smallest absolute Gasteiger partial charge is 0.255 e.